The largest absolute Gasteiger partial charge is 0.491 e. The van der Waals surface area contributed by atoms with E-state index in [0.717, 1.165) is 0 Å². The van der Waals surface area contributed by atoms with Crippen LogP contribution in [0.5, 0.6) is 5.75 Å². The maximum atomic E-state index is 12.1. The molecule has 0 amide bonds. The van der Waals surface area contributed by atoms with Gasteiger partial charge in [-0.3, -0.25) is 0 Å². The minimum Gasteiger partial charge on any atom is -0.491 e. The quantitative estimate of drug-likeness (QED) is 0.782. The molecular formula is C12H16ClFO3S. The number of rotatable bonds is 5. The van der Waals surface area contributed by atoms with E-state index in [9.17, 15) is 12.8 Å². The predicted molar refractivity (Wildman–Crippen MR) is 69.8 cm³/mol. The molecule has 0 aliphatic carbocycles. The van der Waals surface area contributed by atoms with E-state index >= 15 is 0 Å². The van der Waals surface area contributed by atoms with E-state index in [-0.39, 0.29) is 17.4 Å². The third-order valence-electron chi connectivity index (χ3n) is 2.53. The van der Waals surface area contributed by atoms with Gasteiger partial charge < -0.3 is 4.74 Å². The van der Waals surface area contributed by atoms with Crippen LogP contribution in [-0.2, 0) is 9.05 Å². The lowest BCUT2D eigenvalue weighted by molar-refractivity contribution is 0.270. The van der Waals surface area contributed by atoms with Crippen LogP contribution in [0.15, 0.2) is 17.0 Å². The van der Waals surface area contributed by atoms with Crippen molar-refractivity contribution in [2.45, 2.75) is 31.6 Å². The second kappa shape index (κ2) is 5.89. The van der Waals surface area contributed by atoms with E-state index in [4.69, 9.17) is 15.4 Å². The van der Waals surface area contributed by atoms with Crippen LogP contribution in [0.4, 0.5) is 4.39 Å². The lowest BCUT2D eigenvalue weighted by Crippen LogP contribution is -2.05. The Hall–Kier alpha value is -0.810. The van der Waals surface area contributed by atoms with Crippen LogP contribution in [0.2, 0.25) is 0 Å². The molecule has 0 saturated carbocycles. The number of hydrogen-bond acceptors (Lipinski definition) is 3. The van der Waals surface area contributed by atoms with Crippen molar-refractivity contribution < 1.29 is 17.5 Å². The van der Waals surface area contributed by atoms with Gasteiger partial charge in [0.05, 0.1) is 4.90 Å². The molecule has 0 N–H and O–H groups in total. The zero-order chi connectivity index (χ0) is 13.9. The van der Waals surface area contributed by atoms with Gasteiger partial charge >= 0.3 is 0 Å². The van der Waals surface area contributed by atoms with Gasteiger partial charge in [-0.2, -0.15) is 0 Å². The van der Waals surface area contributed by atoms with Crippen molar-refractivity contribution in [2.24, 2.45) is 0 Å². The minimum atomic E-state index is -3.78. The van der Waals surface area contributed by atoms with Crippen molar-refractivity contribution >= 4 is 19.7 Å². The summed E-state index contributed by atoms with van der Waals surface area (Å²) in [6, 6.07) is 3.08. The van der Waals surface area contributed by atoms with E-state index in [1.165, 1.54) is 6.07 Å². The van der Waals surface area contributed by atoms with Gasteiger partial charge in [0.1, 0.15) is 19.0 Å². The van der Waals surface area contributed by atoms with Gasteiger partial charge in [-0.15, -0.1) is 0 Å². The first-order valence-electron chi connectivity index (χ1n) is 5.55. The van der Waals surface area contributed by atoms with Crippen LogP contribution in [0.1, 0.15) is 30.9 Å². The summed E-state index contributed by atoms with van der Waals surface area (Å²) in [6.07, 6.45) is 0. The Morgan fingerprint density at radius 2 is 2.00 bits per heavy atom. The van der Waals surface area contributed by atoms with E-state index in [1.54, 1.807) is 13.0 Å². The predicted octanol–water partition coefficient (Wildman–Crippen LogP) is 3.39. The summed E-state index contributed by atoms with van der Waals surface area (Å²) in [5.74, 6) is 0.557. The molecule has 0 aliphatic heterocycles. The first-order chi connectivity index (χ1) is 8.27. The molecule has 0 bridgehead atoms. The molecule has 1 aromatic rings. The van der Waals surface area contributed by atoms with Crippen LogP contribution in [0, 0.1) is 6.92 Å². The monoisotopic (exact) mass is 294 g/mol. The fourth-order valence-electron chi connectivity index (χ4n) is 1.66. The number of halogens is 2. The van der Waals surface area contributed by atoms with Crippen molar-refractivity contribution in [3.05, 3.63) is 23.3 Å². The van der Waals surface area contributed by atoms with Gasteiger partial charge in [-0.25, -0.2) is 12.8 Å². The van der Waals surface area contributed by atoms with Crippen LogP contribution in [-0.4, -0.2) is 21.7 Å². The highest BCUT2D eigenvalue weighted by atomic mass is 35.7. The number of hydrogen-bond donors (Lipinski definition) is 0. The molecule has 0 fully saturated rings. The van der Waals surface area contributed by atoms with Crippen LogP contribution >= 0.6 is 10.7 Å². The smallest absolute Gasteiger partial charge is 0.261 e. The summed E-state index contributed by atoms with van der Waals surface area (Å²) < 4.78 is 40.3. The molecule has 0 aromatic heterocycles. The van der Waals surface area contributed by atoms with E-state index in [0.29, 0.717) is 16.9 Å². The van der Waals surface area contributed by atoms with Crippen molar-refractivity contribution in [1.29, 1.82) is 0 Å². The zero-order valence-electron chi connectivity index (χ0n) is 10.5. The first kappa shape index (κ1) is 15.2. The highest BCUT2D eigenvalue weighted by Gasteiger charge is 2.19. The average molecular weight is 295 g/mol. The second-order valence-electron chi connectivity index (χ2n) is 4.29. The molecule has 0 saturated heterocycles. The molecule has 6 heteroatoms. The molecule has 0 spiro atoms. The normalized spacial score (nSPS) is 11.9. The summed E-state index contributed by atoms with van der Waals surface area (Å²) in [5.41, 5.74) is 1.19. The van der Waals surface area contributed by atoms with Crippen molar-refractivity contribution in [3.63, 3.8) is 0 Å². The van der Waals surface area contributed by atoms with Gasteiger partial charge in [0.25, 0.3) is 9.05 Å². The van der Waals surface area contributed by atoms with Crippen LogP contribution in [0.25, 0.3) is 0 Å². The van der Waals surface area contributed by atoms with E-state index < -0.39 is 15.7 Å². The van der Waals surface area contributed by atoms with E-state index in [2.05, 4.69) is 0 Å². The minimum absolute atomic E-state index is 0.0495. The van der Waals surface area contributed by atoms with Crippen molar-refractivity contribution in [3.8, 4) is 5.75 Å². The molecule has 3 nitrogen and oxygen atoms in total. The van der Waals surface area contributed by atoms with Crippen LogP contribution < -0.4 is 4.74 Å². The molecule has 1 rings (SSSR count). The lowest BCUT2D eigenvalue weighted by atomic mass is 10.0. The Bertz CT molecular complexity index is 526. The third-order valence-corrected chi connectivity index (χ3v) is 3.99. The fourth-order valence-corrected chi connectivity index (χ4v) is 2.87. The Labute approximate surface area is 111 Å². The number of benzene rings is 1. The molecule has 0 radical (unpaired) electrons. The first-order valence-corrected chi connectivity index (χ1v) is 7.86. The molecule has 0 unspecified atom stereocenters. The average Bonchev–Trinajstić information content (AvgIpc) is 2.23. The van der Waals surface area contributed by atoms with Crippen molar-refractivity contribution in [2.75, 3.05) is 13.3 Å². The van der Waals surface area contributed by atoms with Gasteiger partial charge in [0.2, 0.25) is 0 Å². The second-order valence-corrected chi connectivity index (χ2v) is 6.82. The maximum Gasteiger partial charge on any atom is 0.261 e. The molecule has 18 heavy (non-hydrogen) atoms. The Kier molecular flexibility index (Phi) is 4.99. The molecule has 0 aliphatic rings. The molecule has 0 heterocycles. The van der Waals surface area contributed by atoms with Gasteiger partial charge in [0, 0.05) is 10.7 Å². The fraction of sp³-hybridized carbons (Fsp3) is 0.500. The lowest BCUT2D eigenvalue weighted by Gasteiger charge is -2.16. The summed E-state index contributed by atoms with van der Waals surface area (Å²) in [6.45, 7) is 4.79. The molecule has 1 aromatic carbocycles. The van der Waals surface area contributed by atoms with E-state index in [1.807, 2.05) is 13.8 Å². The summed E-state index contributed by atoms with van der Waals surface area (Å²) in [5, 5.41) is 0. The number of ether oxygens (including phenoxy) is 1. The SMILES string of the molecule is Cc1cc(OCCF)c(C(C)C)cc1S(=O)(=O)Cl. The number of aryl methyl sites for hydroxylation is 1. The molecular weight excluding hydrogens is 279 g/mol. The maximum absolute atomic E-state index is 12.1. The van der Waals surface area contributed by atoms with Crippen molar-refractivity contribution in [1.82, 2.24) is 0 Å². The Morgan fingerprint density at radius 3 is 2.44 bits per heavy atom. The Balaban J connectivity index is 3.35. The standard InChI is InChI=1S/C12H16ClFO3S/c1-8(2)10-7-12(18(13,15)16)9(3)6-11(10)17-5-4-14/h6-8H,4-5H2,1-3H3. The highest BCUT2D eigenvalue weighted by Crippen LogP contribution is 2.32. The molecule has 102 valence electrons. The highest BCUT2D eigenvalue weighted by molar-refractivity contribution is 8.13. The zero-order valence-corrected chi connectivity index (χ0v) is 12.1. The van der Waals surface area contributed by atoms with Gasteiger partial charge in [0.15, 0.2) is 0 Å². The Morgan fingerprint density at radius 1 is 1.39 bits per heavy atom. The number of alkyl halides is 1. The van der Waals surface area contributed by atoms with Gasteiger partial charge in [-0.1, -0.05) is 13.8 Å². The van der Waals surface area contributed by atoms with Gasteiger partial charge in [-0.05, 0) is 36.1 Å². The summed E-state index contributed by atoms with van der Waals surface area (Å²) in [4.78, 5) is 0.0699. The summed E-state index contributed by atoms with van der Waals surface area (Å²) in [7, 11) is 1.58. The molecule has 0 atom stereocenters. The van der Waals surface area contributed by atoms with Crippen LogP contribution in [0.3, 0.4) is 0 Å². The topological polar surface area (TPSA) is 43.4 Å². The third kappa shape index (κ3) is 3.59. The summed E-state index contributed by atoms with van der Waals surface area (Å²) >= 11 is 0.